The van der Waals surface area contributed by atoms with Crippen LogP contribution in [0.4, 0.5) is 13.2 Å². The second-order valence-corrected chi connectivity index (χ2v) is 3.23. The van der Waals surface area contributed by atoms with Gasteiger partial charge in [0.1, 0.15) is 11.3 Å². The van der Waals surface area contributed by atoms with E-state index in [0.717, 1.165) is 0 Å². The third kappa shape index (κ3) is 1.95. The Morgan fingerprint density at radius 3 is 2.53 bits per heavy atom. The minimum absolute atomic E-state index is 0.188. The summed E-state index contributed by atoms with van der Waals surface area (Å²) >= 11 is 0. The number of halogens is 3. The van der Waals surface area contributed by atoms with Crippen molar-refractivity contribution >= 4 is 10.9 Å². The fourth-order valence-corrected chi connectivity index (χ4v) is 1.39. The first-order chi connectivity index (χ1) is 7.93. The van der Waals surface area contributed by atoms with Crippen molar-refractivity contribution < 1.29 is 23.0 Å². The van der Waals surface area contributed by atoms with E-state index < -0.39 is 12.0 Å². The van der Waals surface area contributed by atoms with Gasteiger partial charge in [0.05, 0.1) is 12.5 Å². The summed E-state index contributed by atoms with van der Waals surface area (Å²) in [5.74, 6) is -1.92. The van der Waals surface area contributed by atoms with Gasteiger partial charge in [0.15, 0.2) is 0 Å². The summed E-state index contributed by atoms with van der Waals surface area (Å²) in [5, 5.41) is 9.69. The van der Waals surface area contributed by atoms with Crippen LogP contribution < -0.4 is 4.74 Å². The number of rotatable bonds is 1. The van der Waals surface area contributed by atoms with Gasteiger partial charge < -0.3 is 9.84 Å². The molecule has 7 heteroatoms. The van der Waals surface area contributed by atoms with Gasteiger partial charge in [-0.25, -0.2) is 4.98 Å². The van der Waals surface area contributed by atoms with Gasteiger partial charge in [0, 0.05) is 0 Å². The Bertz CT molecular complexity index is 569. The van der Waals surface area contributed by atoms with Crippen molar-refractivity contribution in [3.05, 3.63) is 24.0 Å². The van der Waals surface area contributed by atoms with E-state index in [2.05, 4.69) is 9.97 Å². The summed E-state index contributed by atoms with van der Waals surface area (Å²) in [6.45, 7) is 0. The van der Waals surface area contributed by atoms with E-state index in [-0.39, 0.29) is 22.5 Å². The molecule has 2 aromatic rings. The summed E-state index contributed by atoms with van der Waals surface area (Å²) < 4.78 is 42.3. The summed E-state index contributed by atoms with van der Waals surface area (Å²) in [7, 11) is 1.20. The number of benzene rings is 1. The molecule has 0 radical (unpaired) electrons. The molecule has 0 amide bonds. The first-order valence-electron chi connectivity index (χ1n) is 4.54. The van der Waals surface area contributed by atoms with Crippen LogP contribution >= 0.6 is 0 Å². The van der Waals surface area contributed by atoms with E-state index in [1.807, 2.05) is 0 Å². The molecule has 0 atom stereocenters. The molecule has 0 fully saturated rings. The van der Waals surface area contributed by atoms with Crippen molar-refractivity contribution in [1.29, 1.82) is 0 Å². The summed E-state index contributed by atoms with van der Waals surface area (Å²) in [6, 6.07) is 4.18. The van der Waals surface area contributed by atoms with Gasteiger partial charge in [-0.05, 0) is 12.1 Å². The molecule has 0 spiro atoms. The highest BCUT2D eigenvalue weighted by Crippen LogP contribution is 2.33. The zero-order chi connectivity index (χ0) is 12.6. The average Bonchev–Trinajstić information content (AvgIpc) is 2.27. The van der Waals surface area contributed by atoms with E-state index in [1.54, 1.807) is 0 Å². The van der Waals surface area contributed by atoms with Gasteiger partial charge in [-0.2, -0.15) is 18.2 Å². The van der Waals surface area contributed by atoms with Gasteiger partial charge in [0.25, 0.3) is 0 Å². The number of phenolic OH excluding ortho intramolecular Hbond substituents is 1. The molecule has 4 nitrogen and oxygen atoms in total. The first kappa shape index (κ1) is 11.4. The molecule has 1 heterocycles. The van der Waals surface area contributed by atoms with Crippen molar-refractivity contribution in [2.24, 2.45) is 0 Å². The SMILES string of the molecule is COc1nc(C(F)(F)F)nc2c(O)cccc12. The largest absolute Gasteiger partial charge is 0.506 e. The number of ether oxygens (including phenoxy) is 1. The number of aromatic nitrogens is 2. The topological polar surface area (TPSA) is 55.2 Å². The third-order valence-electron chi connectivity index (χ3n) is 2.12. The standard InChI is InChI=1S/C10H7F3N2O2/c1-17-8-5-3-2-4-6(16)7(5)14-9(15-8)10(11,12)13/h2-4,16H,1H3. The van der Waals surface area contributed by atoms with Crippen LogP contribution in [0, 0.1) is 0 Å². The number of methoxy groups -OCH3 is 1. The van der Waals surface area contributed by atoms with Crippen molar-refractivity contribution in [2.45, 2.75) is 6.18 Å². The van der Waals surface area contributed by atoms with Gasteiger partial charge in [-0.3, -0.25) is 0 Å². The van der Waals surface area contributed by atoms with Gasteiger partial charge in [0.2, 0.25) is 11.7 Å². The molecule has 1 N–H and O–H groups in total. The van der Waals surface area contributed by atoms with E-state index in [0.29, 0.717) is 0 Å². The van der Waals surface area contributed by atoms with Crippen molar-refractivity contribution in [3.63, 3.8) is 0 Å². The highest BCUT2D eigenvalue weighted by atomic mass is 19.4. The first-order valence-corrected chi connectivity index (χ1v) is 4.54. The number of phenols is 1. The van der Waals surface area contributed by atoms with Crippen molar-refractivity contribution in [3.8, 4) is 11.6 Å². The highest BCUT2D eigenvalue weighted by molar-refractivity contribution is 5.88. The average molecular weight is 244 g/mol. The predicted octanol–water partition coefficient (Wildman–Crippen LogP) is 2.36. The smallest absolute Gasteiger partial charge is 0.451 e. The summed E-state index contributed by atoms with van der Waals surface area (Å²) in [5.41, 5.74) is -0.188. The number of nitrogens with zero attached hydrogens (tertiary/aromatic N) is 2. The molecular weight excluding hydrogens is 237 g/mol. The minimum atomic E-state index is -4.69. The lowest BCUT2D eigenvalue weighted by atomic mass is 10.2. The molecule has 2 rings (SSSR count). The van der Waals surface area contributed by atoms with Crippen LogP contribution in [0.3, 0.4) is 0 Å². The van der Waals surface area contributed by atoms with E-state index >= 15 is 0 Å². The molecule has 0 aliphatic heterocycles. The number of aromatic hydroxyl groups is 1. The lowest BCUT2D eigenvalue weighted by Gasteiger charge is -2.09. The van der Waals surface area contributed by atoms with Crippen LogP contribution in [0.15, 0.2) is 18.2 Å². The Hall–Kier alpha value is -2.05. The molecule has 0 saturated carbocycles. The molecule has 0 aliphatic rings. The fraction of sp³-hybridized carbons (Fsp3) is 0.200. The van der Waals surface area contributed by atoms with Crippen molar-refractivity contribution in [1.82, 2.24) is 9.97 Å². The molecule has 90 valence electrons. The van der Waals surface area contributed by atoms with Crippen LogP contribution in [0.5, 0.6) is 11.6 Å². The quantitative estimate of drug-likeness (QED) is 0.836. The zero-order valence-corrected chi connectivity index (χ0v) is 8.62. The summed E-state index contributed by atoms with van der Waals surface area (Å²) in [4.78, 5) is 6.55. The molecule has 0 saturated heterocycles. The highest BCUT2D eigenvalue weighted by Gasteiger charge is 2.36. The number of hydrogen-bond donors (Lipinski definition) is 1. The van der Waals surface area contributed by atoms with E-state index in [4.69, 9.17) is 4.74 Å². The third-order valence-corrected chi connectivity index (χ3v) is 2.12. The minimum Gasteiger partial charge on any atom is -0.506 e. The molecule has 0 aliphatic carbocycles. The van der Waals surface area contributed by atoms with Crippen LogP contribution in [0.25, 0.3) is 10.9 Å². The number of para-hydroxylation sites is 1. The van der Waals surface area contributed by atoms with E-state index in [1.165, 1.54) is 25.3 Å². The van der Waals surface area contributed by atoms with Crippen molar-refractivity contribution in [2.75, 3.05) is 7.11 Å². The second-order valence-electron chi connectivity index (χ2n) is 3.23. The molecular formula is C10H7F3N2O2. The normalized spacial score (nSPS) is 11.8. The van der Waals surface area contributed by atoms with Gasteiger partial charge in [-0.15, -0.1) is 0 Å². The molecule has 17 heavy (non-hydrogen) atoms. The maximum atomic E-state index is 12.5. The summed E-state index contributed by atoms with van der Waals surface area (Å²) in [6.07, 6.45) is -4.69. The maximum absolute atomic E-state index is 12.5. The van der Waals surface area contributed by atoms with Crippen LogP contribution in [0.1, 0.15) is 5.82 Å². The molecule has 1 aromatic carbocycles. The lowest BCUT2D eigenvalue weighted by Crippen LogP contribution is -2.12. The Labute approximate surface area is 93.7 Å². The van der Waals surface area contributed by atoms with Crippen LogP contribution in [0.2, 0.25) is 0 Å². The van der Waals surface area contributed by atoms with Gasteiger partial charge in [-0.1, -0.05) is 6.07 Å². The molecule has 0 bridgehead atoms. The number of alkyl halides is 3. The van der Waals surface area contributed by atoms with Crippen LogP contribution in [-0.4, -0.2) is 22.2 Å². The number of hydrogen-bond acceptors (Lipinski definition) is 4. The molecule has 1 aromatic heterocycles. The van der Waals surface area contributed by atoms with Gasteiger partial charge >= 0.3 is 6.18 Å². The Kier molecular flexibility index (Phi) is 2.53. The number of fused-ring (bicyclic) bond motifs is 1. The fourth-order valence-electron chi connectivity index (χ4n) is 1.39. The predicted molar refractivity (Wildman–Crippen MR) is 52.8 cm³/mol. The monoisotopic (exact) mass is 244 g/mol. The second kappa shape index (κ2) is 3.76. The maximum Gasteiger partial charge on any atom is 0.451 e. The van der Waals surface area contributed by atoms with E-state index in [9.17, 15) is 18.3 Å². The zero-order valence-electron chi connectivity index (χ0n) is 8.62. The Morgan fingerprint density at radius 1 is 1.24 bits per heavy atom. The Morgan fingerprint density at radius 2 is 1.94 bits per heavy atom. The molecule has 0 unspecified atom stereocenters. The van der Waals surface area contributed by atoms with Crippen LogP contribution in [-0.2, 0) is 6.18 Å². The Balaban J connectivity index is 2.81. The lowest BCUT2D eigenvalue weighted by molar-refractivity contribution is -0.144.